The Bertz CT molecular complexity index is 201. The second kappa shape index (κ2) is 8.08. The first kappa shape index (κ1) is 11.0. The van der Waals surface area contributed by atoms with Crippen LogP contribution in [-0.2, 0) is 4.79 Å². The Labute approximate surface area is 77.5 Å². The maximum absolute atomic E-state index is 9.29. The SMILES string of the molecule is CCNC=O.Clc1ccccc1. The summed E-state index contributed by atoms with van der Waals surface area (Å²) in [5.41, 5.74) is 0. The van der Waals surface area contributed by atoms with Gasteiger partial charge in [0.05, 0.1) is 0 Å². The van der Waals surface area contributed by atoms with Gasteiger partial charge in [0.2, 0.25) is 6.41 Å². The first-order chi connectivity index (χ1) is 5.81. The van der Waals surface area contributed by atoms with Gasteiger partial charge in [-0.1, -0.05) is 29.8 Å². The Kier molecular flexibility index (Phi) is 7.39. The molecule has 0 saturated heterocycles. The third-order valence-corrected chi connectivity index (χ3v) is 1.27. The van der Waals surface area contributed by atoms with Crippen LogP contribution in [0.15, 0.2) is 30.3 Å². The van der Waals surface area contributed by atoms with Crippen LogP contribution in [0.4, 0.5) is 0 Å². The van der Waals surface area contributed by atoms with Crippen LogP contribution in [0.2, 0.25) is 5.02 Å². The molecule has 0 radical (unpaired) electrons. The van der Waals surface area contributed by atoms with Gasteiger partial charge in [0.15, 0.2) is 0 Å². The van der Waals surface area contributed by atoms with Crippen LogP contribution in [0.3, 0.4) is 0 Å². The predicted octanol–water partition coefficient (Wildman–Crippen LogP) is 2.09. The van der Waals surface area contributed by atoms with Crippen LogP contribution < -0.4 is 5.32 Å². The largest absolute Gasteiger partial charge is 0.359 e. The monoisotopic (exact) mass is 185 g/mol. The Morgan fingerprint density at radius 1 is 1.42 bits per heavy atom. The van der Waals surface area contributed by atoms with Crippen molar-refractivity contribution in [1.82, 2.24) is 5.32 Å². The van der Waals surface area contributed by atoms with Crippen molar-refractivity contribution in [3.63, 3.8) is 0 Å². The number of carbonyl (C=O) groups is 1. The summed E-state index contributed by atoms with van der Waals surface area (Å²) in [5, 5.41) is 3.22. The predicted molar refractivity (Wildman–Crippen MR) is 51.2 cm³/mol. The molecule has 0 heterocycles. The number of amides is 1. The van der Waals surface area contributed by atoms with Gasteiger partial charge in [-0.2, -0.15) is 0 Å². The molecule has 1 aromatic rings. The average Bonchev–Trinajstić information content (AvgIpc) is 2.08. The fourth-order valence-electron chi connectivity index (χ4n) is 0.498. The van der Waals surface area contributed by atoms with E-state index >= 15 is 0 Å². The second-order valence-corrected chi connectivity index (χ2v) is 2.41. The van der Waals surface area contributed by atoms with Crippen LogP contribution in [0.1, 0.15) is 6.92 Å². The lowest BCUT2D eigenvalue weighted by Crippen LogP contribution is -2.07. The van der Waals surface area contributed by atoms with E-state index in [0.29, 0.717) is 6.41 Å². The third-order valence-electron chi connectivity index (χ3n) is 1.02. The summed E-state index contributed by atoms with van der Waals surface area (Å²) in [4.78, 5) is 9.29. The highest BCUT2D eigenvalue weighted by molar-refractivity contribution is 6.30. The minimum absolute atomic E-state index is 0.681. The second-order valence-electron chi connectivity index (χ2n) is 1.97. The minimum atomic E-state index is 0.681. The molecule has 1 rings (SSSR count). The molecule has 0 aliphatic carbocycles. The van der Waals surface area contributed by atoms with E-state index in [0.717, 1.165) is 11.6 Å². The van der Waals surface area contributed by atoms with Gasteiger partial charge < -0.3 is 5.32 Å². The number of hydrogen-bond acceptors (Lipinski definition) is 1. The molecule has 0 fully saturated rings. The van der Waals surface area contributed by atoms with Crippen molar-refractivity contribution in [3.8, 4) is 0 Å². The zero-order chi connectivity index (χ0) is 9.23. The number of benzene rings is 1. The zero-order valence-electron chi connectivity index (χ0n) is 6.96. The van der Waals surface area contributed by atoms with E-state index in [4.69, 9.17) is 11.6 Å². The standard InChI is InChI=1S/C6H5Cl.C3H7NO/c7-6-4-2-1-3-5-6;1-2-4-3-5/h1-5H;3H,2H2,1H3,(H,4,5). The molecule has 0 unspecified atom stereocenters. The number of halogens is 1. The molecule has 0 aliphatic heterocycles. The molecular weight excluding hydrogens is 174 g/mol. The molecule has 3 heteroatoms. The normalized spacial score (nSPS) is 7.83. The topological polar surface area (TPSA) is 29.1 Å². The maximum Gasteiger partial charge on any atom is 0.207 e. The average molecular weight is 186 g/mol. The Morgan fingerprint density at radius 3 is 2.17 bits per heavy atom. The highest BCUT2D eigenvalue weighted by Crippen LogP contribution is 2.03. The fraction of sp³-hybridized carbons (Fsp3) is 0.222. The van der Waals surface area contributed by atoms with Gasteiger partial charge in [-0.15, -0.1) is 0 Å². The lowest BCUT2D eigenvalue weighted by molar-refractivity contribution is -0.109. The number of carbonyl (C=O) groups excluding carboxylic acids is 1. The van der Waals surface area contributed by atoms with Crippen molar-refractivity contribution < 1.29 is 4.79 Å². The van der Waals surface area contributed by atoms with Crippen LogP contribution >= 0.6 is 11.6 Å². The summed E-state index contributed by atoms with van der Waals surface area (Å²) >= 11 is 5.54. The van der Waals surface area contributed by atoms with Crippen molar-refractivity contribution >= 4 is 18.0 Å². The lowest BCUT2D eigenvalue weighted by atomic mass is 10.4. The van der Waals surface area contributed by atoms with Crippen molar-refractivity contribution in [1.29, 1.82) is 0 Å². The van der Waals surface area contributed by atoms with Gasteiger partial charge in [0, 0.05) is 11.6 Å². The highest BCUT2D eigenvalue weighted by atomic mass is 35.5. The number of nitrogens with one attached hydrogen (secondary N) is 1. The van der Waals surface area contributed by atoms with E-state index in [9.17, 15) is 4.79 Å². The maximum atomic E-state index is 9.29. The fourth-order valence-corrected chi connectivity index (χ4v) is 0.643. The molecule has 0 aliphatic rings. The molecule has 1 amide bonds. The molecule has 1 N–H and O–H groups in total. The van der Waals surface area contributed by atoms with Crippen molar-refractivity contribution in [3.05, 3.63) is 35.4 Å². The first-order valence-electron chi connectivity index (χ1n) is 3.68. The Morgan fingerprint density at radius 2 is 2.00 bits per heavy atom. The molecule has 0 aromatic heterocycles. The van der Waals surface area contributed by atoms with Gasteiger partial charge in [0.1, 0.15) is 0 Å². The Balaban J connectivity index is 0.000000217. The van der Waals surface area contributed by atoms with Crippen LogP contribution in [-0.4, -0.2) is 13.0 Å². The summed E-state index contributed by atoms with van der Waals surface area (Å²) in [6.45, 7) is 2.60. The summed E-state index contributed by atoms with van der Waals surface area (Å²) in [5.74, 6) is 0. The van der Waals surface area contributed by atoms with Crippen molar-refractivity contribution in [2.45, 2.75) is 6.92 Å². The van der Waals surface area contributed by atoms with Crippen molar-refractivity contribution in [2.24, 2.45) is 0 Å². The molecule has 0 spiro atoms. The smallest absolute Gasteiger partial charge is 0.207 e. The Hall–Kier alpha value is -1.02. The van der Waals surface area contributed by atoms with Gasteiger partial charge in [0.25, 0.3) is 0 Å². The molecule has 1 aromatic carbocycles. The lowest BCUT2D eigenvalue weighted by Gasteiger charge is -1.80. The van der Waals surface area contributed by atoms with E-state index in [1.807, 2.05) is 37.3 Å². The summed E-state index contributed by atoms with van der Waals surface area (Å²) in [6.07, 6.45) is 0.681. The minimum Gasteiger partial charge on any atom is -0.359 e. The third kappa shape index (κ3) is 7.09. The molecule has 0 bridgehead atoms. The first-order valence-corrected chi connectivity index (χ1v) is 4.06. The molecule has 2 nitrogen and oxygen atoms in total. The van der Waals surface area contributed by atoms with Crippen LogP contribution in [0.25, 0.3) is 0 Å². The quantitative estimate of drug-likeness (QED) is 0.703. The van der Waals surface area contributed by atoms with Gasteiger partial charge in [-0.05, 0) is 19.1 Å². The summed E-state index contributed by atoms with van der Waals surface area (Å²) < 4.78 is 0. The van der Waals surface area contributed by atoms with Crippen LogP contribution in [0.5, 0.6) is 0 Å². The van der Waals surface area contributed by atoms with Gasteiger partial charge in [-0.3, -0.25) is 4.79 Å². The zero-order valence-corrected chi connectivity index (χ0v) is 7.71. The van der Waals surface area contributed by atoms with Gasteiger partial charge >= 0.3 is 0 Å². The number of hydrogen-bond donors (Lipinski definition) is 1. The van der Waals surface area contributed by atoms with E-state index in [-0.39, 0.29) is 0 Å². The van der Waals surface area contributed by atoms with E-state index in [1.54, 1.807) is 0 Å². The number of rotatable bonds is 2. The molecule has 12 heavy (non-hydrogen) atoms. The summed E-state index contributed by atoms with van der Waals surface area (Å²) in [6, 6.07) is 9.44. The molecule has 66 valence electrons. The van der Waals surface area contributed by atoms with Gasteiger partial charge in [-0.25, -0.2) is 0 Å². The van der Waals surface area contributed by atoms with E-state index in [1.165, 1.54) is 0 Å². The molecule has 0 saturated carbocycles. The molecule has 0 atom stereocenters. The highest BCUT2D eigenvalue weighted by Gasteiger charge is 1.74. The summed E-state index contributed by atoms with van der Waals surface area (Å²) in [7, 11) is 0. The van der Waals surface area contributed by atoms with E-state index in [2.05, 4.69) is 5.32 Å². The van der Waals surface area contributed by atoms with Crippen LogP contribution in [0, 0.1) is 0 Å². The van der Waals surface area contributed by atoms with E-state index < -0.39 is 0 Å². The molecular formula is C9H12ClNO. The van der Waals surface area contributed by atoms with Crippen molar-refractivity contribution in [2.75, 3.05) is 6.54 Å².